The fourth-order valence-corrected chi connectivity index (χ4v) is 3.77. The maximum Gasteiger partial charge on any atom is 0.260 e. The van der Waals surface area contributed by atoms with E-state index in [1.54, 1.807) is 0 Å². The van der Waals surface area contributed by atoms with Gasteiger partial charge >= 0.3 is 0 Å². The van der Waals surface area contributed by atoms with Crippen LogP contribution in [0.5, 0.6) is 0 Å². The number of aryl methyl sites for hydroxylation is 1. The van der Waals surface area contributed by atoms with Gasteiger partial charge in [-0.1, -0.05) is 19.1 Å². The summed E-state index contributed by atoms with van der Waals surface area (Å²) < 4.78 is 27.9. The Balaban J connectivity index is 2.72. The number of hydrogen-bond donors (Lipinski definition) is 2. The van der Waals surface area contributed by atoms with Crippen LogP contribution in [0.1, 0.15) is 20.3 Å². The van der Waals surface area contributed by atoms with Crippen LogP contribution in [0, 0.1) is 5.92 Å². The van der Waals surface area contributed by atoms with Crippen LogP contribution in [0.2, 0.25) is 0 Å². The summed E-state index contributed by atoms with van der Waals surface area (Å²) in [5.74, 6) is 0.426. The Morgan fingerprint density at radius 3 is 2.56 bits per heavy atom. The van der Waals surface area contributed by atoms with Crippen LogP contribution in [0.4, 0.5) is 0 Å². The van der Waals surface area contributed by atoms with E-state index in [0.717, 1.165) is 6.42 Å². The summed E-state index contributed by atoms with van der Waals surface area (Å²) in [6, 6.07) is -0.209. The highest BCUT2D eigenvalue weighted by molar-refractivity contribution is 9.10. The molecular formula is C9H18BrN5O2S. The predicted octanol–water partition coefficient (Wildman–Crippen LogP) is 0.229. The summed E-state index contributed by atoms with van der Waals surface area (Å²) in [7, 11) is -2.13. The smallest absolute Gasteiger partial charge is 0.260 e. The third-order valence-electron chi connectivity index (χ3n) is 2.30. The fourth-order valence-electron chi connectivity index (χ4n) is 1.58. The largest absolute Gasteiger partial charge is 0.327 e. The Morgan fingerprint density at radius 1 is 1.50 bits per heavy atom. The monoisotopic (exact) mass is 339 g/mol. The van der Waals surface area contributed by atoms with E-state index in [4.69, 9.17) is 5.73 Å². The first-order valence-corrected chi connectivity index (χ1v) is 7.82. The van der Waals surface area contributed by atoms with Gasteiger partial charge in [-0.2, -0.15) is 0 Å². The highest BCUT2D eigenvalue weighted by Crippen LogP contribution is 2.17. The molecule has 104 valence electrons. The van der Waals surface area contributed by atoms with E-state index in [0.29, 0.717) is 5.92 Å². The van der Waals surface area contributed by atoms with E-state index in [-0.39, 0.29) is 22.2 Å². The lowest BCUT2D eigenvalue weighted by molar-refractivity contribution is 0.483. The van der Waals surface area contributed by atoms with Crippen LogP contribution in [0.3, 0.4) is 0 Å². The number of nitrogens with two attached hydrogens (primary N) is 1. The van der Waals surface area contributed by atoms with Gasteiger partial charge in [0.25, 0.3) is 10.0 Å². The Labute approximate surface area is 115 Å². The Kier molecular flexibility index (Phi) is 5.26. The van der Waals surface area contributed by atoms with Gasteiger partial charge in [0.15, 0.2) is 4.60 Å². The number of nitrogens with zero attached hydrogens (tertiary/aromatic N) is 3. The minimum Gasteiger partial charge on any atom is -0.327 e. The number of hydrogen-bond acceptors (Lipinski definition) is 5. The molecule has 0 bridgehead atoms. The van der Waals surface area contributed by atoms with E-state index < -0.39 is 10.0 Å². The van der Waals surface area contributed by atoms with Crippen molar-refractivity contribution in [1.82, 2.24) is 19.7 Å². The molecule has 0 aromatic carbocycles. The highest BCUT2D eigenvalue weighted by Gasteiger charge is 2.24. The van der Waals surface area contributed by atoms with Crippen LogP contribution < -0.4 is 10.5 Å². The van der Waals surface area contributed by atoms with Gasteiger partial charge in [0.05, 0.1) is 0 Å². The SMILES string of the molecule is CC(C)CC(N)CNS(=O)(=O)c1c(Br)nnn1C. The van der Waals surface area contributed by atoms with Crippen molar-refractivity contribution in [3.05, 3.63) is 4.60 Å². The summed E-state index contributed by atoms with van der Waals surface area (Å²) in [6.07, 6.45) is 0.757. The lowest BCUT2D eigenvalue weighted by atomic mass is 10.1. The Hall–Kier alpha value is -0.510. The standard InChI is InChI=1S/C9H18BrN5O2S/c1-6(2)4-7(11)5-12-18(16,17)9-8(10)13-14-15(9)3/h6-7,12H,4-5,11H2,1-3H3. The van der Waals surface area contributed by atoms with Crippen molar-refractivity contribution in [3.63, 3.8) is 0 Å². The average Bonchev–Trinajstić information content (AvgIpc) is 2.55. The van der Waals surface area contributed by atoms with Gasteiger partial charge in [-0.3, -0.25) is 0 Å². The second-order valence-electron chi connectivity index (χ2n) is 4.55. The number of halogens is 1. The molecule has 1 rings (SSSR count). The van der Waals surface area contributed by atoms with Crippen LogP contribution in [0.25, 0.3) is 0 Å². The molecule has 0 spiro atoms. The number of aromatic nitrogens is 3. The number of rotatable bonds is 6. The average molecular weight is 340 g/mol. The molecule has 1 aromatic heterocycles. The van der Waals surface area contributed by atoms with E-state index >= 15 is 0 Å². The summed E-state index contributed by atoms with van der Waals surface area (Å²) in [5, 5.41) is 7.26. The molecule has 0 amide bonds. The molecule has 0 aliphatic rings. The number of nitrogens with one attached hydrogen (secondary N) is 1. The summed E-state index contributed by atoms with van der Waals surface area (Å²) in [6.45, 7) is 4.27. The predicted molar refractivity (Wildman–Crippen MR) is 71.3 cm³/mol. The van der Waals surface area contributed by atoms with Crippen LogP contribution in [0.15, 0.2) is 9.63 Å². The van der Waals surface area contributed by atoms with Crippen molar-refractivity contribution in [2.75, 3.05) is 6.54 Å². The molecular weight excluding hydrogens is 322 g/mol. The van der Waals surface area contributed by atoms with Gasteiger partial charge in [-0.15, -0.1) is 5.10 Å². The quantitative estimate of drug-likeness (QED) is 0.772. The van der Waals surface area contributed by atoms with Crippen molar-refractivity contribution in [2.45, 2.75) is 31.3 Å². The van der Waals surface area contributed by atoms with Crippen molar-refractivity contribution in [3.8, 4) is 0 Å². The Morgan fingerprint density at radius 2 is 2.11 bits per heavy atom. The van der Waals surface area contributed by atoms with E-state index in [1.165, 1.54) is 11.7 Å². The molecule has 3 N–H and O–H groups in total. The molecule has 1 atom stereocenters. The van der Waals surface area contributed by atoms with Gasteiger partial charge in [0, 0.05) is 19.6 Å². The van der Waals surface area contributed by atoms with E-state index in [2.05, 4.69) is 31.0 Å². The second-order valence-corrected chi connectivity index (χ2v) is 6.98. The van der Waals surface area contributed by atoms with Crippen LogP contribution >= 0.6 is 15.9 Å². The maximum absolute atomic E-state index is 12.0. The minimum absolute atomic E-state index is 0.000697. The minimum atomic E-state index is -3.65. The molecule has 1 aromatic rings. The molecule has 18 heavy (non-hydrogen) atoms. The molecule has 1 heterocycles. The van der Waals surface area contributed by atoms with Crippen LogP contribution in [-0.2, 0) is 17.1 Å². The van der Waals surface area contributed by atoms with Crippen molar-refractivity contribution >= 4 is 26.0 Å². The van der Waals surface area contributed by atoms with Gasteiger partial charge in [0.1, 0.15) is 0 Å². The zero-order chi connectivity index (χ0) is 13.9. The zero-order valence-corrected chi connectivity index (χ0v) is 13.0. The van der Waals surface area contributed by atoms with Crippen molar-refractivity contribution < 1.29 is 8.42 Å². The first kappa shape index (κ1) is 15.5. The first-order valence-electron chi connectivity index (χ1n) is 5.54. The van der Waals surface area contributed by atoms with Gasteiger partial charge < -0.3 is 5.73 Å². The summed E-state index contributed by atoms with van der Waals surface area (Å²) in [5.41, 5.74) is 5.83. The lowest BCUT2D eigenvalue weighted by Crippen LogP contribution is -2.38. The van der Waals surface area contributed by atoms with Crippen molar-refractivity contribution in [2.24, 2.45) is 18.7 Å². The molecule has 0 aliphatic heterocycles. The summed E-state index contributed by atoms with van der Waals surface area (Å²) >= 11 is 3.06. The molecule has 7 nitrogen and oxygen atoms in total. The molecule has 0 radical (unpaired) electrons. The summed E-state index contributed by atoms with van der Waals surface area (Å²) in [4.78, 5) is 0. The maximum atomic E-state index is 12.0. The molecule has 0 aliphatic carbocycles. The highest BCUT2D eigenvalue weighted by atomic mass is 79.9. The van der Waals surface area contributed by atoms with Crippen LogP contribution in [-0.4, -0.2) is 36.0 Å². The number of sulfonamides is 1. The van der Waals surface area contributed by atoms with Gasteiger partial charge in [-0.25, -0.2) is 17.8 Å². The topological polar surface area (TPSA) is 103 Å². The molecule has 0 saturated carbocycles. The molecule has 0 fully saturated rings. The third kappa shape index (κ3) is 4.01. The van der Waals surface area contributed by atoms with E-state index in [1.807, 2.05) is 13.8 Å². The van der Waals surface area contributed by atoms with Crippen molar-refractivity contribution in [1.29, 1.82) is 0 Å². The zero-order valence-electron chi connectivity index (χ0n) is 10.6. The normalized spacial score (nSPS) is 14.1. The Bertz CT molecular complexity index is 480. The third-order valence-corrected chi connectivity index (χ3v) is 4.61. The molecule has 1 unspecified atom stereocenters. The molecule has 0 saturated heterocycles. The lowest BCUT2D eigenvalue weighted by Gasteiger charge is -2.14. The first-order chi connectivity index (χ1) is 8.24. The second kappa shape index (κ2) is 6.09. The fraction of sp³-hybridized carbons (Fsp3) is 0.778. The van der Waals surface area contributed by atoms with Gasteiger partial charge in [0.2, 0.25) is 5.03 Å². The molecule has 9 heteroatoms. The van der Waals surface area contributed by atoms with Gasteiger partial charge in [-0.05, 0) is 28.3 Å². The van der Waals surface area contributed by atoms with E-state index in [9.17, 15) is 8.42 Å².